The van der Waals surface area contributed by atoms with E-state index < -0.39 is 11.9 Å². The van der Waals surface area contributed by atoms with Gasteiger partial charge < -0.3 is 11.1 Å². The third kappa shape index (κ3) is 5.17. The number of amides is 1. The average molecular weight is 554 g/mol. The molecular weight excluding hydrogens is 526 g/mol. The number of nitrogens with zero attached hydrogens (tertiary/aromatic N) is 5. The minimum atomic E-state index is -0.690. The zero-order valence-corrected chi connectivity index (χ0v) is 21.9. The number of nitrogen functional groups attached to an aromatic ring is 1. The Morgan fingerprint density at radius 2 is 1.71 bits per heavy atom. The van der Waals surface area contributed by atoms with Crippen molar-refractivity contribution in [2.24, 2.45) is 0 Å². The minimum Gasteiger partial charge on any atom is -0.383 e. The third-order valence-electron chi connectivity index (χ3n) is 6.60. The fourth-order valence-electron chi connectivity index (χ4n) is 4.66. The van der Waals surface area contributed by atoms with Crippen LogP contribution in [-0.2, 0) is 0 Å². The van der Waals surface area contributed by atoms with E-state index >= 15 is 0 Å². The van der Waals surface area contributed by atoms with Crippen LogP contribution in [0.5, 0.6) is 0 Å². The van der Waals surface area contributed by atoms with Gasteiger partial charge in [0.15, 0.2) is 0 Å². The minimum absolute atomic E-state index is 0. The van der Waals surface area contributed by atoms with Crippen LogP contribution in [-0.4, -0.2) is 30.4 Å². The summed E-state index contributed by atoms with van der Waals surface area (Å²) in [6.07, 6.45) is 6.49. The lowest BCUT2D eigenvalue weighted by Crippen LogP contribution is -2.34. The molecule has 42 heavy (non-hydrogen) atoms. The fourth-order valence-corrected chi connectivity index (χ4v) is 4.66. The van der Waals surface area contributed by atoms with E-state index in [1.54, 1.807) is 68.1 Å². The van der Waals surface area contributed by atoms with Gasteiger partial charge in [0.05, 0.1) is 28.1 Å². The Bertz CT molecular complexity index is 2050. The molecular formula is C33H27N7O2. The first-order valence-electron chi connectivity index (χ1n) is 12.8. The smallest absolute Gasteiger partial charge is 0.267 e. The maximum absolute atomic E-state index is 14.2. The molecule has 206 valence electrons. The first-order valence-corrected chi connectivity index (χ1v) is 12.8. The first kappa shape index (κ1) is 27.7. The SMILES string of the molecule is C.C[C@H](NC(=O)c1c(N)ncc2cccnc12)c1nc2cccc(C#Cc3ccncc3)c2c(=O)n1-c1ccccc1. The number of pyridine rings is 3. The number of nitrogens with two attached hydrogens (primary N) is 1. The molecule has 1 amide bonds. The quantitative estimate of drug-likeness (QED) is 0.299. The van der Waals surface area contributed by atoms with Crippen LogP contribution < -0.4 is 16.6 Å². The van der Waals surface area contributed by atoms with Crippen molar-refractivity contribution >= 4 is 33.5 Å². The highest BCUT2D eigenvalue weighted by Crippen LogP contribution is 2.23. The van der Waals surface area contributed by atoms with Crippen molar-refractivity contribution in [2.45, 2.75) is 20.4 Å². The van der Waals surface area contributed by atoms with Crippen LogP contribution in [0.1, 0.15) is 47.7 Å². The van der Waals surface area contributed by atoms with Crippen LogP contribution in [0.15, 0.2) is 102 Å². The predicted octanol–water partition coefficient (Wildman–Crippen LogP) is 4.83. The van der Waals surface area contributed by atoms with E-state index in [1.165, 1.54) is 4.57 Å². The number of carbonyl (C=O) groups is 1. The average Bonchev–Trinajstić information content (AvgIpc) is 3.00. The first-order chi connectivity index (χ1) is 20.0. The second kappa shape index (κ2) is 11.7. The number of hydrogen-bond donors (Lipinski definition) is 2. The summed E-state index contributed by atoms with van der Waals surface area (Å²) in [7, 11) is 0. The van der Waals surface area contributed by atoms with Crippen LogP contribution in [0.3, 0.4) is 0 Å². The van der Waals surface area contributed by atoms with E-state index in [2.05, 4.69) is 32.1 Å². The molecule has 0 aliphatic carbocycles. The number of aromatic nitrogens is 5. The molecule has 0 bridgehead atoms. The van der Waals surface area contributed by atoms with Gasteiger partial charge in [-0.05, 0) is 55.5 Å². The van der Waals surface area contributed by atoms with Crippen LogP contribution in [0, 0.1) is 11.8 Å². The van der Waals surface area contributed by atoms with Gasteiger partial charge in [0, 0.05) is 41.3 Å². The Hall–Kier alpha value is -5.88. The number of carbonyl (C=O) groups excluding carboxylic acids is 1. The van der Waals surface area contributed by atoms with Crippen LogP contribution in [0.2, 0.25) is 0 Å². The normalized spacial score (nSPS) is 11.3. The number of hydrogen-bond acceptors (Lipinski definition) is 7. The molecule has 0 unspecified atom stereocenters. The standard InChI is InChI=1S/C32H23N7O2.CH4/c1-20(37-31(40)27-28-23(8-6-16-35-28)19-36-29(27)33)30-38-25-11-5-7-22(13-12-21-14-17-34-18-15-21)26(25)32(41)39(30)24-9-3-2-4-10-24;/h2-11,14-20H,1H3,(H2,33,36)(H,37,40);1H4/t20-;/m0./s1. The van der Waals surface area contributed by atoms with E-state index in [9.17, 15) is 9.59 Å². The van der Waals surface area contributed by atoms with Gasteiger partial charge in [-0.2, -0.15) is 0 Å². The second-order valence-electron chi connectivity index (χ2n) is 9.29. The lowest BCUT2D eigenvalue weighted by molar-refractivity contribution is 0.0940. The van der Waals surface area contributed by atoms with Crippen molar-refractivity contribution in [1.82, 2.24) is 29.8 Å². The maximum atomic E-state index is 14.2. The number of fused-ring (bicyclic) bond motifs is 2. The van der Waals surface area contributed by atoms with Gasteiger partial charge in [-0.25, -0.2) is 9.97 Å². The van der Waals surface area contributed by atoms with Crippen molar-refractivity contribution in [2.75, 3.05) is 5.73 Å². The molecule has 9 heteroatoms. The molecule has 6 rings (SSSR count). The highest BCUT2D eigenvalue weighted by molar-refractivity contribution is 6.09. The van der Waals surface area contributed by atoms with E-state index in [0.29, 0.717) is 38.9 Å². The summed E-state index contributed by atoms with van der Waals surface area (Å²) in [5.74, 6) is 6.15. The Kier molecular flexibility index (Phi) is 7.71. The third-order valence-corrected chi connectivity index (χ3v) is 6.60. The highest BCUT2D eigenvalue weighted by Gasteiger charge is 2.23. The van der Waals surface area contributed by atoms with E-state index in [4.69, 9.17) is 10.7 Å². The van der Waals surface area contributed by atoms with Gasteiger partial charge in [0.2, 0.25) is 0 Å². The summed E-state index contributed by atoms with van der Waals surface area (Å²) >= 11 is 0. The summed E-state index contributed by atoms with van der Waals surface area (Å²) < 4.78 is 1.51. The Balaban J connectivity index is 0.00000353. The van der Waals surface area contributed by atoms with Crippen molar-refractivity contribution in [1.29, 1.82) is 0 Å². The van der Waals surface area contributed by atoms with E-state index in [1.807, 2.05) is 36.4 Å². The summed E-state index contributed by atoms with van der Waals surface area (Å²) in [6, 6.07) is 21.0. The molecule has 0 aliphatic heterocycles. The summed E-state index contributed by atoms with van der Waals surface area (Å²) in [5.41, 5.74) is 8.80. The van der Waals surface area contributed by atoms with E-state index in [0.717, 1.165) is 5.56 Å². The van der Waals surface area contributed by atoms with Gasteiger partial charge in [0.1, 0.15) is 17.2 Å². The van der Waals surface area contributed by atoms with Crippen molar-refractivity contribution in [3.63, 3.8) is 0 Å². The molecule has 1 atom stereocenters. The summed E-state index contributed by atoms with van der Waals surface area (Å²) in [5, 5.41) is 4.02. The van der Waals surface area contributed by atoms with Gasteiger partial charge >= 0.3 is 0 Å². The number of anilines is 1. The number of benzene rings is 2. The largest absolute Gasteiger partial charge is 0.383 e. The molecule has 0 spiro atoms. The molecule has 0 radical (unpaired) electrons. The van der Waals surface area contributed by atoms with Crippen molar-refractivity contribution in [3.8, 4) is 17.5 Å². The van der Waals surface area contributed by atoms with Gasteiger partial charge in [-0.1, -0.05) is 43.5 Å². The fraction of sp³-hybridized carbons (Fsp3) is 0.0909. The summed E-state index contributed by atoms with van der Waals surface area (Å²) in [4.78, 5) is 45.1. The molecule has 3 N–H and O–H groups in total. The van der Waals surface area contributed by atoms with Crippen LogP contribution >= 0.6 is 0 Å². The van der Waals surface area contributed by atoms with Crippen molar-refractivity contribution in [3.05, 3.63) is 130 Å². The topological polar surface area (TPSA) is 129 Å². The number of para-hydroxylation sites is 1. The molecule has 9 nitrogen and oxygen atoms in total. The highest BCUT2D eigenvalue weighted by atomic mass is 16.2. The maximum Gasteiger partial charge on any atom is 0.267 e. The zero-order chi connectivity index (χ0) is 28.3. The Labute approximate surface area is 242 Å². The van der Waals surface area contributed by atoms with E-state index in [-0.39, 0.29) is 24.4 Å². The zero-order valence-electron chi connectivity index (χ0n) is 21.9. The molecule has 0 aliphatic rings. The molecule has 4 aromatic heterocycles. The number of rotatable bonds is 4. The molecule has 4 heterocycles. The Morgan fingerprint density at radius 1 is 0.929 bits per heavy atom. The van der Waals surface area contributed by atoms with Gasteiger partial charge in [-0.3, -0.25) is 24.1 Å². The molecule has 0 saturated heterocycles. The number of nitrogens with one attached hydrogen (secondary N) is 1. The molecule has 2 aromatic carbocycles. The predicted molar refractivity (Wildman–Crippen MR) is 164 cm³/mol. The molecule has 0 fully saturated rings. The van der Waals surface area contributed by atoms with Gasteiger partial charge in [0.25, 0.3) is 11.5 Å². The Morgan fingerprint density at radius 3 is 2.50 bits per heavy atom. The van der Waals surface area contributed by atoms with Crippen LogP contribution in [0.4, 0.5) is 5.82 Å². The molecule has 0 saturated carbocycles. The lowest BCUT2D eigenvalue weighted by atomic mass is 10.1. The second-order valence-corrected chi connectivity index (χ2v) is 9.29. The molecule has 6 aromatic rings. The van der Waals surface area contributed by atoms with Gasteiger partial charge in [-0.15, -0.1) is 0 Å². The summed E-state index contributed by atoms with van der Waals surface area (Å²) in [6.45, 7) is 1.76. The van der Waals surface area contributed by atoms with Crippen LogP contribution in [0.25, 0.3) is 27.5 Å². The lowest BCUT2D eigenvalue weighted by Gasteiger charge is -2.20. The monoisotopic (exact) mass is 553 g/mol. The van der Waals surface area contributed by atoms with Crippen molar-refractivity contribution < 1.29 is 4.79 Å².